The fraction of sp³-hybridized carbons (Fsp3) is 0.304. The number of aromatic amines is 1. The van der Waals surface area contributed by atoms with E-state index in [-0.39, 0.29) is 23.2 Å². The molecule has 1 saturated heterocycles. The van der Waals surface area contributed by atoms with Gasteiger partial charge in [-0.15, -0.1) is 0 Å². The molecule has 0 spiro atoms. The number of rotatable bonds is 3. The second kappa shape index (κ2) is 7.54. The number of piperidine rings is 1. The number of fused-ring (bicyclic) bond motifs is 2. The van der Waals surface area contributed by atoms with Crippen molar-refractivity contribution in [1.29, 1.82) is 0 Å². The summed E-state index contributed by atoms with van der Waals surface area (Å²) in [4.78, 5) is 43.1. The number of nitrogens with one attached hydrogen (secondary N) is 1. The van der Waals surface area contributed by atoms with Crippen LogP contribution in [0.15, 0.2) is 58.1 Å². The van der Waals surface area contributed by atoms with Crippen molar-refractivity contribution in [3.63, 3.8) is 0 Å². The molecule has 1 fully saturated rings. The van der Waals surface area contributed by atoms with Crippen molar-refractivity contribution < 1.29 is 4.79 Å². The van der Waals surface area contributed by atoms with Crippen LogP contribution < -0.4 is 11.2 Å². The zero-order valence-corrected chi connectivity index (χ0v) is 17.2. The van der Waals surface area contributed by atoms with E-state index >= 15 is 0 Å². The maximum atomic E-state index is 13.3. The number of para-hydroxylation sites is 2. The van der Waals surface area contributed by atoms with Crippen LogP contribution in [0.2, 0.25) is 0 Å². The Labute approximate surface area is 177 Å². The number of benzene rings is 2. The first-order valence-corrected chi connectivity index (χ1v) is 10.6. The van der Waals surface area contributed by atoms with Crippen LogP contribution in [0.3, 0.4) is 0 Å². The molecule has 0 radical (unpaired) electrons. The van der Waals surface area contributed by atoms with Gasteiger partial charge in [0.1, 0.15) is 0 Å². The van der Waals surface area contributed by atoms with Crippen LogP contribution in [0.1, 0.15) is 36.3 Å². The highest BCUT2D eigenvalue weighted by molar-refractivity contribution is 6.04. The van der Waals surface area contributed by atoms with E-state index in [0.717, 1.165) is 11.0 Å². The summed E-state index contributed by atoms with van der Waals surface area (Å²) >= 11 is 0. The largest absolute Gasteiger partial charge is 0.337 e. The number of aromatic nitrogens is 4. The Morgan fingerprint density at radius 2 is 1.71 bits per heavy atom. The molecule has 1 N–H and O–H groups in total. The Morgan fingerprint density at radius 1 is 1.03 bits per heavy atom. The van der Waals surface area contributed by atoms with E-state index in [2.05, 4.69) is 10.1 Å². The summed E-state index contributed by atoms with van der Waals surface area (Å²) < 4.78 is 3.15. The van der Waals surface area contributed by atoms with Crippen LogP contribution in [0.5, 0.6) is 0 Å². The first-order valence-electron chi connectivity index (χ1n) is 10.6. The first-order chi connectivity index (χ1) is 15.1. The number of H-pyrrole nitrogens is 1. The van der Waals surface area contributed by atoms with Crippen LogP contribution in [0, 0.1) is 0 Å². The van der Waals surface area contributed by atoms with E-state index in [4.69, 9.17) is 0 Å². The van der Waals surface area contributed by atoms with Crippen LogP contribution in [0.25, 0.3) is 21.8 Å². The molecule has 2 aromatic carbocycles. The van der Waals surface area contributed by atoms with Gasteiger partial charge >= 0.3 is 5.69 Å². The van der Waals surface area contributed by atoms with Gasteiger partial charge in [0.2, 0.25) is 0 Å². The maximum absolute atomic E-state index is 13.3. The molecule has 31 heavy (non-hydrogen) atoms. The van der Waals surface area contributed by atoms with Gasteiger partial charge in [0.25, 0.3) is 11.5 Å². The van der Waals surface area contributed by atoms with Crippen molar-refractivity contribution in [1.82, 2.24) is 24.2 Å². The molecule has 4 aromatic rings. The number of nitrogens with zero attached hydrogens (tertiary/aromatic N) is 4. The average Bonchev–Trinajstić information content (AvgIpc) is 3.15. The lowest BCUT2D eigenvalue weighted by Gasteiger charge is -2.32. The zero-order valence-electron chi connectivity index (χ0n) is 17.2. The zero-order chi connectivity index (χ0) is 21.5. The molecule has 3 heterocycles. The number of hydrogen-bond donors (Lipinski definition) is 1. The second-order valence-electron chi connectivity index (χ2n) is 7.86. The highest BCUT2D eigenvalue weighted by atomic mass is 16.2. The van der Waals surface area contributed by atoms with Crippen molar-refractivity contribution in [2.24, 2.45) is 0 Å². The lowest BCUT2D eigenvalue weighted by atomic mass is 10.0. The molecule has 1 amide bonds. The molecule has 158 valence electrons. The summed E-state index contributed by atoms with van der Waals surface area (Å²) in [6.45, 7) is 3.28. The molecular formula is C23H23N5O3. The van der Waals surface area contributed by atoms with Crippen molar-refractivity contribution in [2.75, 3.05) is 13.1 Å². The Balaban J connectivity index is 1.43. The molecule has 8 heteroatoms. The Bertz CT molecular complexity index is 1410. The van der Waals surface area contributed by atoms with Gasteiger partial charge in [-0.25, -0.2) is 9.48 Å². The molecule has 2 aromatic heterocycles. The Morgan fingerprint density at radius 3 is 2.45 bits per heavy atom. The summed E-state index contributed by atoms with van der Waals surface area (Å²) in [6, 6.07) is 14.8. The molecule has 5 rings (SSSR count). The fourth-order valence-corrected chi connectivity index (χ4v) is 4.52. The van der Waals surface area contributed by atoms with E-state index in [1.807, 2.05) is 41.8 Å². The summed E-state index contributed by atoms with van der Waals surface area (Å²) in [5, 5.41) is 5.45. The van der Waals surface area contributed by atoms with Gasteiger partial charge in [-0.1, -0.05) is 30.3 Å². The van der Waals surface area contributed by atoms with E-state index in [0.29, 0.717) is 48.9 Å². The number of likely N-dealkylation sites (tertiary alicyclic amines) is 1. The molecule has 0 aliphatic carbocycles. The highest BCUT2D eigenvalue weighted by Crippen LogP contribution is 2.26. The van der Waals surface area contributed by atoms with Gasteiger partial charge < -0.3 is 9.88 Å². The molecule has 0 saturated carbocycles. The molecule has 1 aliphatic heterocycles. The minimum Gasteiger partial charge on any atom is -0.337 e. The third-order valence-electron chi connectivity index (χ3n) is 6.11. The molecular weight excluding hydrogens is 394 g/mol. The third-order valence-corrected chi connectivity index (χ3v) is 6.11. The fourth-order valence-electron chi connectivity index (χ4n) is 4.52. The van der Waals surface area contributed by atoms with Gasteiger partial charge in [0.05, 0.1) is 16.4 Å². The second-order valence-corrected chi connectivity index (χ2v) is 7.86. The maximum Gasteiger partial charge on any atom is 0.326 e. The predicted octanol–water partition coefficient (Wildman–Crippen LogP) is 2.54. The summed E-state index contributed by atoms with van der Waals surface area (Å²) in [5.74, 6) is -0.178. The lowest BCUT2D eigenvalue weighted by Crippen LogP contribution is -2.41. The predicted molar refractivity (Wildman–Crippen MR) is 118 cm³/mol. The monoisotopic (exact) mass is 417 g/mol. The van der Waals surface area contributed by atoms with Gasteiger partial charge in [0.15, 0.2) is 5.69 Å². The summed E-state index contributed by atoms with van der Waals surface area (Å²) in [6.07, 6.45) is 1.36. The molecule has 8 nitrogen and oxygen atoms in total. The van der Waals surface area contributed by atoms with Gasteiger partial charge in [0, 0.05) is 31.1 Å². The number of hydrogen-bond acceptors (Lipinski definition) is 4. The third kappa shape index (κ3) is 3.15. The van der Waals surface area contributed by atoms with Crippen molar-refractivity contribution >= 4 is 27.7 Å². The van der Waals surface area contributed by atoms with E-state index in [1.54, 1.807) is 23.1 Å². The first kappa shape index (κ1) is 19.3. The number of aryl methyl sites for hydroxylation is 1. The van der Waals surface area contributed by atoms with Gasteiger partial charge in [-0.3, -0.25) is 14.2 Å². The minimum atomic E-state index is -0.188. The Kier molecular flexibility index (Phi) is 4.69. The number of amides is 1. The van der Waals surface area contributed by atoms with Gasteiger partial charge in [-0.05, 0) is 38.0 Å². The van der Waals surface area contributed by atoms with E-state index in [9.17, 15) is 14.4 Å². The van der Waals surface area contributed by atoms with Crippen molar-refractivity contribution in [2.45, 2.75) is 32.4 Å². The van der Waals surface area contributed by atoms with Crippen LogP contribution in [-0.4, -0.2) is 43.2 Å². The quantitative estimate of drug-likeness (QED) is 0.554. The molecule has 0 unspecified atom stereocenters. The highest BCUT2D eigenvalue weighted by Gasteiger charge is 2.28. The van der Waals surface area contributed by atoms with Gasteiger partial charge in [-0.2, -0.15) is 5.10 Å². The summed E-state index contributed by atoms with van der Waals surface area (Å²) in [5.41, 5.74) is 1.71. The van der Waals surface area contributed by atoms with Crippen molar-refractivity contribution in [3.05, 3.63) is 75.1 Å². The lowest BCUT2D eigenvalue weighted by molar-refractivity contribution is 0.0688. The standard InChI is InChI=1S/C23H23N5O3/c1-2-27-21(29)17-8-4-3-7-16(17)20(25-27)22(30)26-13-11-15(12-14-26)28-19-10-6-5-9-18(19)24-23(28)31/h3-10,15H,2,11-14H2,1H3,(H,24,31). The topological polar surface area (TPSA) is 93.0 Å². The van der Waals surface area contributed by atoms with Crippen molar-refractivity contribution in [3.8, 4) is 0 Å². The molecule has 1 aliphatic rings. The molecule has 0 atom stereocenters. The minimum absolute atomic E-state index is 0.0296. The smallest absolute Gasteiger partial charge is 0.326 e. The van der Waals surface area contributed by atoms with Crippen LogP contribution in [0.4, 0.5) is 0 Å². The van der Waals surface area contributed by atoms with Crippen LogP contribution >= 0.6 is 0 Å². The number of carbonyl (C=O) groups is 1. The van der Waals surface area contributed by atoms with E-state index in [1.165, 1.54) is 4.68 Å². The molecule has 0 bridgehead atoms. The SMILES string of the molecule is CCn1nc(C(=O)N2CCC(n3c(=O)[nH]c4ccccc43)CC2)c2ccccc2c1=O. The van der Waals surface area contributed by atoms with E-state index < -0.39 is 0 Å². The van der Waals surface area contributed by atoms with Crippen LogP contribution in [-0.2, 0) is 6.54 Å². The number of carbonyl (C=O) groups excluding carboxylic acids is 1. The normalized spacial score (nSPS) is 15.1. The Hall–Kier alpha value is -3.68. The number of imidazole rings is 1. The average molecular weight is 417 g/mol. The summed E-state index contributed by atoms with van der Waals surface area (Å²) in [7, 11) is 0.